The van der Waals surface area contributed by atoms with Crippen LogP contribution in [0.3, 0.4) is 0 Å². The Labute approximate surface area is 210 Å². The number of thiazole rings is 1. The SMILES string of the molecule is C#CCn1c(=NC(=O)c2ccc(S(=O)(=O)N3CC(C)CC(C)C3)cc2)sc2cc(OCC)ccc21. The molecule has 0 radical (unpaired) electrons. The minimum Gasteiger partial charge on any atom is -0.494 e. The van der Waals surface area contributed by atoms with Gasteiger partial charge >= 0.3 is 0 Å². The molecule has 9 heteroatoms. The van der Waals surface area contributed by atoms with Crippen LogP contribution in [0.2, 0.25) is 0 Å². The summed E-state index contributed by atoms with van der Waals surface area (Å²) in [5.74, 6) is 3.52. The van der Waals surface area contributed by atoms with Gasteiger partial charge in [-0.25, -0.2) is 8.42 Å². The molecule has 1 aromatic heterocycles. The fourth-order valence-corrected chi connectivity index (χ4v) is 7.25. The highest BCUT2D eigenvalue weighted by Crippen LogP contribution is 2.27. The molecule has 1 aliphatic heterocycles. The predicted molar refractivity (Wildman–Crippen MR) is 138 cm³/mol. The average Bonchev–Trinajstić information content (AvgIpc) is 3.15. The lowest BCUT2D eigenvalue weighted by Gasteiger charge is -2.34. The monoisotopic (exact) mass is 511 g/mol. The highest BCUT2D eigenvalue weighted by atomic mass is 32.2. The maximum absolute atomic E-state index is 13.1. The third kappa shape index (κ3) is 5.35. The smallest absolute Gasteiger partial charge is 0.279 e. The number of amides is 1. The first-order valence-electron chi connectivity index (χ1n) is 11.6. The van der Waals surface area contributed by atoms with Crippen LogP contribution < -0.4 is 9.54 Å². The molecule has 0 spiro atoms. The van der Waals surface area contributed by atoms with E-state index in [1.807, 2.05) is 29.7 Å². The number of hydrogen-bond acceptors (Lipinski definition) is 5. The summed E-state index contributed by atoms with van der Waals surface area (Å²) in [4.78, 5) is 17.9. The average molecular weight is 512 g/mol. The molecule has 0 N–H and O–H groups in total. The molecule has 1 amide bonds. The fourth-order valence-electron chi connectivity index (χ4n) is 4.51. The second-order valence-corrected chi connectivity index (χ2v) is 11.9. The first kappa shape index (κ1) is 25.2. The van der Waals surface area contributed by atoms with Crippen LogP contribution in [-0.4, -0.2) is 42.9 Å². The number of fused-ring (bicyclic) bond motifs is 1. The quantitative estimate of drug-likeness (QED) is 0.466. The van der Waals surface area contributed by atoms with Gasteiger partial charge < -0.3 is 9.30 Å². The van der Waals surface area contributed by atoms with Crippen LogP contribution in [0.5, 0.6) is 5.75 Å². The molecule has 1 fully saturated rings. The van der Waals surface area contributed by atoms with Gasteiger partial charge in [0.25, 0.3) is 5.91 Å². The summed E-state index contributed by atoms with van der Waals surface area (Å²) in [6.07, 6.45) is 6.58. The first-order valence-corrected chi connectivity index (χ1v) is 13.9. The van der Waals surface area contributed by atoms with Gasteiger partial charge in [0.1, 0.15) is 5.75 Å². The van der Waals surface area contributed by atoms with Crippen molar-refractivity contribution in [1.82, 2.24) is 8.87 Å². The standard InChI is InChI=1S/C26H29N3O4S2/c1-5-13-29-23-12-9-21(33-6-2)15-24(23)34-26(29)27-25(30)20-7-10-22(11-8-20)35(31,32)28-16-18(3)14-19(4)17-28/h1,7-12,15,18-19H,6,13-14,16-17H2,2-4H3. The summed E-state index contributed by atoms with van der Waals surface area (Å²) in [6.45, 7) is 7.89. The molecule has 7 nitrogen and oxygen atoms in total. The van der Waals surface area contributed by atoms with Gasteiger partial charge in [0.05, 0.1) is 28.3 Å². The fraction of sp³-hybridized carbons (Fsp3) is 0.385. The van der Waals surface area contributed by atoms with E-state index >= 15 is 0 Å². The molecule has 0 saturated carbocycles. The first-order chi connectivity index (χ1) is 16.7. The maximum Gasteiger partial charge on any atom is 0.279 e. The van der Waals surface area contributed by atoms with Crippen LogP contribution >= 0.6 is 11.3 Å². The van der Waals surface area contributed by atoms with Gasteiger partial charge in [-0.1, -0.05) is 31.1 Å². The number of rotatable bonds is 6. The number of carbonyl (C=O) groups excluding carboxylic acids is 1. The summed E-state index contributed by atoms with van der Waals surface area (Å²) >= 11 is 1.35. The van der Waals surface area contributed by atoms with E-state index in [9.17, 15) is 13.2 Å². The number of nitrogens with zero attached hydrogens (tertiary/aromatic N) is 3. The summed E-state index contributed by atoms with van der Waals surface area (Å²) in [5, 5.41) is 0. The van der Waals surface area contributed by atoms with Crippen molar-refractivity contribution in [2.45, 2.75) is 38.6 Å². The largest absolute Gasteiger partial charge is 0.494 e. The van der Waals surface area contributed by atoms with E-state index in [4.69, 9.17) is 11.2 Å². The third-order valence-electron chi connectivity index (χ3n) is 5.99. The third-order valence-corrected chi connectivity index (χ3v) is 8.87. The number of ether oxygens (including phenoxy) is 1. The summed E-state index contributed by atoms with van der Waals surface area (Å²) in [7, 11) is -3.61. The summed E-state index contributed by atoms with van der Waals surface area (Å²) in [5.41, 5.74) is 1.18. The van der Waals surface area contributed by atoms with Crippen LogP contribution in [0, 0.1) is 24.2 Å². The topological polar surface area (TPSA) is 81.0 Å². The molecule has 184 valence electrons. The van der Waals surface area contributed by atoms with Gasteiger partial charge in [-0.2, -0.15) is 9.30 Å². The van der Waals surface area contributed by atoms with E-state index in [0.29, 0.717) is 41.9 Å². The number of hydrogen-bond donors (Lipinski definition) is 0. The van der Waals surface area contributed by atoms with E-state index in [1.165, 1.54) is 35.6 Å². The molecule has 0 aliphatic carbocycles. The molecular weight excluding hydrogens is 482 g/mol. The van der Waals surface area contributed by atoms with Gasteiger partial charge in [-0.05, 0) is 67.6 Å². The number of carbonyl (C=O) groups is 1. The molecular formula is C26H29N3O4S2. The highest BCUT2D eigenvalue weighted by Gasteiger charge is 2.31. The molecule has 2 unspecified atom stereocenters. The van der Waals surface area contributed by atoms with E-state index < -0.39 is 15.9 Å². The minimum atomic E-state index is -3.61. The molecule has 35 heavy (non-hydrogen) atoms. The van der Waals surface area contributed by atoms with Crippen molar-refractivity contribution < 1.29 is 17.9 Å². The molecule has 3 aromatic rings. The molecule has 4 rings (SSSR count). The van der Waals surface area contributed by atoms with E-state index in [1.54, 1.807) is 4.31 Å². The normalized spacial score (nSPS) is 19.5. The lowest BCUT2D eigenvalue weighted by molar-refractivity contribution is 0.0997. The molecule has 2 heterocycles. The Bertz CT molecular complexity index is 1440. The highest BCUT2D eigenvalue weighted by molar-refractivity contribution is 7.89. The summed E-state index contributed by atoms with van der Waals surface area (Å²) in [6, 6.07) is 11.7. The lowest BCUT2D eigenvalue weighted by atomic mass is 9.94. The summed E-state index contributed by atoms with van der Waals surface area (Å²) < 4.78 is 36.1. The number of terminal acetylenes is 1. The Kier molecular flexibility index (Phi) is 7.45. The van der Waals surface area contributed by atoms with Crippen molar-refractivity contribution in [3.63, 3.8) is 0 Å². The van der Waals surface area contributed by atoms with Crippen LogP contribution in [0.25, 0.3) is 10.2 Å². The number of aromatic nitrogens is 1. The maximum atomic E-state index is 13.1. The molecule has 1 aliphatic rings. The second-order valence-electron chi connectivity index (χ2n) is 8.95. The zero-order valence-electron chi connectivity index (χ0n) is 20.1. The van der Waals surface area contributed by atoms with Gasteiger partial charge in [0.15, 0.2) is 4.80 Å². The van der Waals surface area contributed by atoms with Crippen molar-refractivity contribution in [2.24, 2.45) is 16.8 Å². The van der Waals surface area contributed by atoms with Gasteiger partial charge in [-0.15, -0.1) is 6.42 Å². The van der Waals surface area contributed by atoms with Gasteiger partial charge in [0.2, 0.25) is 10.0 Å². The molecule has 2 atom stereocenters. The Morgan fingerprint density at radius 3 is 2.49 bits per heavy atom. The van der Waals surface area contributed by atoms with Crippen molar-refractivity contribution in [3.05, 3.63) is 52.8 Å². The van der Waals surface area contributed by atoms with Crippen LogP contribution in [0.1, 0.15) is 37.6 Å². The van der Waals surface area contributed by atoms with Crippen LogP contribution in [-0.2, 0) is 16.6 Å². The Morgan fingerprint density at radius 2 is 1.86 bits per heavy atom. The zero-order chi connectivity index (χ0) is 25.2. The van der Waals surface area contributed by atoms with Crippen LogP contribution in [0.4, 0.5) is 0 Å². The Morgan fingerprint density at radius 1 is 1.17 bits per heavy atom. The molecule has 0 bridgehead atoms. The lowest BCUT2D eigenvalue weighted by Crippen LogP contribution is -2.42. The Balaban J connectivity index is 1.63. The molecule has 2 aromatic carbocycles. The number of sulfonamides is 1. The van der Waals surface area contributed by atoms with Gasteiger partial charge in [-0.3, -0.25) is 4.79 Å². The Hall–Kier alpha value is -2.93. The van der Waals surface area contributed by atoms with Crippen molar-refractivity contribution in [1.29, 1.82) is 0 Å². The number of benzene rings is 2. The second kappa shape index (κ2) is 10.4. The van der Waals surface area contributed by atoms with Crippen LogP contribution in [0.15, 0.2) is 52.4 Å². The zero-order valence-corrected chi connectivity index (χ0v) is 21.7. The van der Waals surface area contributed by atoms with Crippen molar-refractivity contribution in [2.75, 3.05) is 19.7 Å². The van der Waals surface area contributed by atoms with E-state index in [2.05, 4.69) is 24.8 Å². The predicted octanol–water partition coefficient (Wildman–Crippen LogP) is 4.14. The van der Waals surface area contributed by atoms with Crippen molar-refractivity contribution in [3.8, 4) is 18.1 Å². The van der Waals surface area contributed by atoms with E-state index in [-0.39, 0.29) is 11.4 Å². The molecule has 1 saturated heterocycles. The van der Waals surface area contributed by atoms with E-state index in [0.717, 1.165) is 22.4 Å². The van der Waals surface area contributed by atoms with Gasteiger partial charge in [0, 0.05) is 18.7 Å². The van der Waals surface area contributed by atoms with Crippen molar-refractivity contribution >= 4 is 37.5 Å². The number of piperidine rings is 1. The minimum absolute atomic E-state index is 0.183.